The first kappa shape index (κ1) is 24.1. The van der Waals surface area contributed by atoms with Crippen molar-refractivity contribution in [3.63, 3.8) is 0 Å². The standard InChI is InChI=1S/C23H24F2N2O6/c1-13-23(2,19(29)12-32-13)27-21(31)18(11-14-3-7-16(28)8-4-14)26-20(30)15-5-9-17(10-6-15)33-22(24)25/h3-10,13,18,22,28H,11-12H2,1-2H3,(H,26,30)(H,27,31). The van der Waals surface area contributed by atoms with Gasteiger partial charge in [-0.2, -0.15) is 8.78 Å². The van der Waals surface area contributed by atoms with Gasteiger partial charge in [0.25, 0.3) is 5.91 Å². The highest BCUT2D eigenvalue weighted by Crippen LogP contribution is 2.23. The van der Waals surface area contributed by atoms with Gasteiger partial charge in [0, 0.05) is 12.0 Å². The summed E-state index contributed by atoms with van der Waals surface area (Å²) < 4.78 is 34.3. The van der Waals surface area contributed by atoms with Crippen LogP contribution < -0.4 is 15.4 Å². The van der Waals surface area contributed by atoms with Crippen LogP contribution in [-0.4, -0.2) is 53.6 Å². The largest absolute Gasteiger partial charge is 0.508 e. The van der Waals surface area contributed by atoms with E-state index < -0.39 is 36.1 Å². The molecule has 3 rings (SSSR count). The third-order valence-corrected chi connectivity index (χ3v) is 5.58. The summed E-state index contributed by atoms with van der Waals surface area (Å²) in [5, 5.41) is 14.8. The number of amides is 2. The summed E-state index contributed by atoms with van der Waals surface area (Å²) in [5.41, 5.74) is -0.468. The summed E-state index contributed by atoms with van der Waals surface area (Å²) >= 11 is 0. The Bertz CT molecular complexity index is 1010. The molecule has 0 aliphatic carbocycles. The summed E-state index contributed by atoms with van der Waals surface area (Å²) in [6.45, 7) is 0.113. The zero-order valence-electron chi connectivity index (χ0n) is 18.0. The smallest absolute Gasteiger partial charge is 0.387 e. The second-order valence-corrected chi connectivity index (χ2v) is 7.87. The lowest BCUT2D eigenvalue weighted by Gasteiger charge is -2.30. The molecule has 3 unspecified atom stereocenters. The third-order valence-electron chi connectivity index (χ3n) is 5.58. The van der Waals surface area contributed by atoms with Crippen molar-refractivity contribution in [2.24, 2.45) is 0 Å². The SMILES string of the molecule is CC1OCC(=O)C1(C)NC(=O)C(Cc1ccc(O)cc1)NC(=O)c1ccc(OC(F)F)cc1. The number of carbonyl (C=O) groups excluding carboxylic acids is 3. The number of benzene rings is 2. The van der Waals surface area contributed by atoms with E-state index in [0.29, 0.717) is 5.56 Å². The van der Waals surface area contributed by atoms with Gasteiger partial charge in [0.05, 0.1) is 6.10 Å². The molecular formula is C23H24F2N2O6. The van der Waals surface area contributed by atoms with Gasteiger partial charge in [-0.1, -0.05) is 12.1 Å². The Morgan fingerprint density at radius 2 is 1.82 bits per heavy atom. The lowest BCUT2D eigenvalue weighted by atomic mass is 9.92. The van der Waals surface area contributed by atoms with Crippen LogP contribution in [0, 0.1) is 0 Å². The Kier molecular flexibility index (Phi) is 7.27. The van der Waals surface area contributed by atoms with Crippen molar-refractivity contribution >= 4 is 17.6 Å². The molecule has 0 aromatic heterocycles. The maximum atomic E-state index is 13.1. The number of phenolic OH excluding ortho intramolecular Hbond substituents is 1. The van der Waals surface area contributed by atoms with Crippen molar-refractivity contribution in [1.29, 1.82) is 0 Å². The van der Waals surface area contributed by atoms with Crippen LogP contribution in [0.3, 0.4) is 0 Å². The lowest BCUT2D eigenvalue weighted by Crippen LogP contribution is -2.60. The first-order valence-corrected chi connectivity index (χ1v) is 10.2. The van der Waals surface area contributed by atoms with Crippen molar-refractivity contribution in [1.82, 2.24) is 10.6 Å². The highest BCUT2D eigenvalue weighted by Gasteiger charge is 2.47. The van der Waals surface area contributed by atoms with Crippen molar-refractivity contribution < 1.29 is 37.7 Å². The molecule has 176 valence electrons. The average Bonchev–Trinajstić information content (AvgIpc) is 3.01. The number of halogens is 2. The second-order valence-electron chi connectivity index (χ2n) is 7.87. The van der Waals surface area contributed by atoms with Gasteiger partial charge in [0.1, 0.15) is 29.7 Å². The Balaban J connectivity index is 1.79. The van der Waals surface area contributed by atoms with Crippen molar-refractivity contribution in [2.45, 2.75) is 44.6 Å². The minimum Gasteiger partial charge on any atom is -0.508 e. The van der Waals surface area contributed by atoms with Gasteiger partial charge >= 0.3 is 6.61 Å². The number of hydrogen-bond acceptors (Lipinski definition) is 6. The summed E-state index contributed by atoms with van der Waals surface area (Å²) in [5.74, 6) is -1.56. The number of hydrogen-bond donors (Lipinski definition) is 3. The van der Waals surface area contributed by atoms with Crippen molar-refractivity contribution in [2.75, 3.05) is 6.61 Å². The van der Waals surface area contributed by atoms with E-state index in [-0.39, 0.29) is 35.9 Å². The number of rotatable bonds is 8. The van der Waals surface area contributed by atoms with Crippen LogP contribution in [0.5, 0.6) is 11.5 Å². The van der Waals surface area contributed by atoms with Crippen molar-refractivity contribution in [3.8, 4) is 11.5 Å². The van der Waals surface area contributed by atoms with Gasteiger partial charge in [-0.15, -0.1) is 0 Å². The van der Waals surface area contributed by atoms with E-state index in [1.165, 1.54) is 36.4 Å². The van der Waals surface area contributed by atoms with Crippen LogP contribution >= 0.6 is 0 Å². The molecule has 1 aliphatic heterocycles. The Morgan fingerprint density at radius 1 is 1.18 bits per heavy atom. The van der Waals surface area contributed by atoms with E-state index in [1.807, 2.05) is 0 Å². The molecule has 8 nitrogen and oxygen atoms in total. The van der Waals surface area contributed by atoms with E-state index in [1.54, 1.807) is 26.0 Å². The zero-order valence-corrected chi connectivity index (χ0v) is 18.0. The number of Topliss-reactive ketones (excluding diaryl/α,β-unsaturated/α-hetero) is 1. The highest BCUT2D eigenvalue weighted by molar-refractivity contribution is 6.00. The minimum atomic E-state index is -2.99. The first-order chi connectivity index (χ1) is 15.6. The fourth-order valence-corrected chi connectivity index (χ4v) is 3.36. The van der Waals surface area contributed by atoms with Crippen LogP contribution in [0.2, 0.25) is 0 Å². The molecule has 0 spiro atoms. The summed E-state index contributed by atoms with van der Waals surface area (Å²) in [7, 11) is 0. The molecule has 1 heterocycles. The molecule has 0 bridgehead atoms. The maximum Gasteiger partial charge on any atom is 0.387 e. The molecule has 2 aromatic rings. The lowest BCUT2D eigenvalue weighted by molar-refractivity contribution is -0.130. The molecule has 10 heteroatoms. The number of aromatic hydroxyl groups is 1. The van der Waals surface area contributed by atoms with Gasteiger partial charge in [0.2, 0.25) is 5.91 Å². The second kappa shape index (κ2) is 9.95. The van der Waals surface area contributed by atoms with Gasteiger partial charge in [0.15, 0.2) is 5.78 Å². The quantitative estimate of drug-likeness (QED) is 0.554. The van der Waals surface area contributed by atoms with Gasteiger partial charge in [-0.3, -0.25) is 14.4 Å². The van der Waals surface area contributed by atoms with E-state index in [9.17, 15) is 28.3 Å². The molecule has 33 heavy (non-hydrogen) atoms. The molecular weight excluding hydrogens is 438 g/mol. The van der Waals surface area contributed by atoms with Gasteiger partial charge < -0.3 is 25.2 Å². The van der Waals surface area contributed by atoms with E-state index in [4.69, 9.17) is 4.74 Å². The van der Waals surface area contributed by atoms with E-state index in [2.05, 4.69) is 15.4 Å². The van der Waals surface area contributed by atoms with Crippen LogP contribution in [-0.2, 0) is 20.7 Å². The molecule has 1 aliphatic rings. The van der Waals surface area contributed by atoms with E-state index >= 15 is 0 Å². The summed E-state index contributed by atoms with van der Waals surface area (Å²) in [6, 6.07) is 10.0. The number of alkyl halides is 2. The Labute approximate surface area is 188 Å². The number of carbonyl (C=O) groups is 3. The Morgan fingerprint density at radius 3 is 2.36 bits per heavy atom. The monoisotopic (exact) mass is 462 g/mol. The number of ketones is 1. The summed E-state index contributed by atoms with van der Waals surface area (Å²) in [6.07, 6.45) is -0.481. The molecule has 1 saturated heterocycles. The molecule has 0 saturated carbocycles. The number of ether oxygens (including phenoxy) is 2. The van der Waals surface area contributed by atoms with Crippen LogP contribution in [0.1, 0.15) is 29.8 Å². The molecule has 3 N–H and O–H groups in total. The van der Waals surface area contributed by atoms with Gasteiger partial charge in [-0.25, -0.2) is 0 Å². The Hall–Kier alpha value is -3.53. The molecule has 3 atom stereocenters. The minimum absolute atomic E-state index is 0.0462. The fourth-order valence-electron chi connectivity index (χ4n) is 3.36. The highest BCUT2D eigenvalue weighted by atomic mass is 19.3. The van der Waals surface area contributed by atoms with Crippen LogP contribution in [0.25, 0.3) is 0 Å². The predicted molar refractivity (Wildman–Crippen MR) is 113 cm³/mol. The first-order valence-electron chi connectivity index (χ1n) is 10.2. The molecule has 1 fully saturated rings. The average molecular weight is 462 g/mol. The number of nitrogens with one attached hydrogen (secondary N) is 2. The van der Waals surface area contributed by atoms with Crippen molar-refractivity contribution in [3.05, 3.63) is 59.7 Å². The van der Waals surface area contributed by atoms with E-state index in [0.717, 1.165) is 0 Å². The van der Waals surface area contributed by atoms with Crippen LogP contribution in [0.15, 0.2) is 48.5 Å². The number of phenols is 1. The third kappa shape index (κ3) is 5.83. The maximum absolute atomic E-state index is 13.1. The van der Waals surface area contributed by atoms with Crippen LogP contribution in [0.4, 0.5) is 8.78 Å². The van der Waals surface area contributed by atoms with Gasteiger partial charge in [-0.05, 0) is 55.8 Å². The zero-order chi connectivity index (χ0) is 24.2. The fraction of sp³-hybridized carbons (Fsp3) is 0.348. The molecule has 2 aromatic carbocycles. The molecule has 0 radical (unpaired) electrons. The normalized spacial score (nSPS) is 21.0. The predicted octanol–water partition coefficient (Wildman–Crippen LogP) is 2.20. The molecule has 2 amide bonds. The topological polar surface area (TPSA) is 114 Å². The summed E-state index contributed by atoms with van der Waals surface area (Å²) in [4.78, 5) is 38.2.